The van der Waals surface area contributed by atoms with E-state index >= 15 is 0 Å². The van der Waals surface area contributed by atoms with Crippen molar-refractivity contribution in [3.05, 3.63) is 57.5 Å². The Morgan fingerprint density at radius 2 is 1.92 bits per heavy atom. The van der Waals surface area contributed by atoms with E-state index in [2.05, 4.69) is 10.3 Å². The molecule has 2 aromatic carbocycles. The molecule has 0 spiro atoms. The number of methoxy groups -OCH3 is 2. The maximum Gasteiger partial charge on any atom is 0.264 e. The van der Waals surface area contributed by atoms with Crippen molar-refractivity contribution in [2.45, 2.75) is 6.92 Å². The lowest BCUT2D eigenvalue weighted by molar-refractivity contribution is -0.115. The van der Waals surface area contributed by atoms with Crippen LogP contribution in [0.3, 0.4) is 0 Å². The molecule has 0 aromatic heterocycles. The number of hydrogen-bond donors (Lipinski definition) is 1. The Labute approximate surface area is 161 Å². The first-order valence-electron chi connectivity index (χ1n) is 7.79. The lowest BCUT2D eigenvalue weighted by Gasteiger charge is -2.10. The molecular formula is C19H17ClN2O3S. The van der Waals surface area contributed by atoms with Gasteiger partial charge in [-0.1, -0.05) is 29.8 Å². The first kappa shape index (κ1) is 18.4. The fourth-order valence-corrected chi connectivity index (χ4v) is 3.47. The van der Waals surface area contributed by atoms with Crippen LogP contribution < -0.4 is 14.8 Å². The van der Waals surface area contributed by atoms with Gasteiger partial charge in [0.2, 0.25) is 0 Å². The van der Waals surface area contributed by atoms with Crippen LogP contribution in [0.2, 0.25) is 5.02 Å². The molecule has 1 fully saturated rings. The van der Waals surface area contributed by atoms with Crippen molar-refractivity contribution in [1.82, 2.24) is 5.32 Å². The number of amides is 1. The van der Waals surface area contributed by atoms with Crippen LogP contribution in [0.1, 0.15) is 11.1 Å². The fraction of sp³-hybridized carbons (Fsp3) is 0.158. The van der Waals surface area contributed by atoms with Gasteiger partial charge in [0.05, 0.1) is 24.8 Å². The van der Waals surface area contributed by atoms with Crippen LogP contribution in [-0.2, 0) is 4.79 Å². The van der Waals surface area contributed by atoms with E-state index in [1.54, 1.807) is 32.4 Å². The molecule has 0 aliphatic carbocycles. The zero-order valence-corrected chi connectivity index (χ0v) is 16.1. The van der Waals surface area contributed by atoms with Gasteiger partial charge in [-0.25, -0.2) is 4.99 Å². The van der Waals surface area contributed by atoms with E-state index in [0.717, 1.165) is 16.8 Å². The topological polar surface area (TPSA) is 59.9 Å². The summed E-state index contributed by atoms with van der Waals surface area (Å²) in [5, 5.41) is 3.92. The molecule has 0 saturated carbocycles. The number of nitrogens with one attached hydrogen (secondary N) is 1. The monoisotopic (exact) mass is 388 g/mol. The smallest absolute Gasteiger partial charge is 0.264 e. The number of para-hydroxylation sites is 1. The molecule has 3 rings (SSSR count). The zero-order valence-electron chi connectivity index (χ0n) is 14.5. The molecule has 1 heterocycles. The second kappa shape index (κ2) is 7.85. The Morgan fingerprint density at radius 3 is 2.65 bits per heavy atom. The lowest BCUT2D eigenvalue weighted by atomic mass is 10.1. The minimum Gasteiger partial charge on any atom is -0.493 e. The number of hydrogen-bond acceptors (Lipinski definition) is 5. The second-order valence-electron chi connectivity index (χ2n) is 5.45. The van der Waals surface area contributed by atoms with E-state index in [9.17, 15) is 4.79 Å². The van der Waals surface area contributed by atoms with Crippen LogP contribution >= 0.6 is 23.4 Å². The van der Waals surface area contributed by atoms with E-state index in [0.29, 0.717) is 26.6 Å². The summed E-state index contributed by atoms with van der Waals surface area (Å²) in [6.45, 7) is 1.89. The summed E-state index contributed by atoms with van der Waals surface area (Å²) in [5.41, 5.74) is 2.34. The number of nitrogens with zero attached hydrogens (tertiary/aromatic N) is 1. The second-order valence-corrected chi connectivity index (χ2v) is 6.89. The van der Waals surface area contributed by atoms with E-state index in [1.807, 2.05) is 31.2 Å². The summed E-state index contributed by atoms with van der Waals surface area (Å²) in [4.78, 5) is 17.3. The SMILES string of the molecule is COc1cccc(/C=C2\SC(=Nc3cccc(Cl)c3C)NC2=O)c1OC. The van der Waals surface area contributed by atoms with Gasteiger partial charge in [0.1, 0.15) is 0 Å². The van der Waals surface area contributed by atoms with Crippen molar-refractivity contribution in [2.24, 2.45) is 4.99 Å². The van der Waals surface area contributed by atoms with Crippen molar-refractivity contribution in [3.63, 3.8) is 0 Å². The third kappa shape index (κ3) is 3.71. The van der Waals surface area contributed by atoms with Gasteiger partial charge >= 0.3 is 0 Å². The van der Waals surface area contributed by atoms with Crippen molar-refractivity contribution >= 4 is 46.2 Å². The van der Waals surface area contributed by atoms with Crippen LogP contribution in [0.5, 0.6) is 11.5 Å². The van der Waals surface area contributed by atoms with E-state index in [4.69, 9.17) is 21.1 Å². The van der Waals surface area contributed by atoms with Crippen LogP contribution in [0, 0.1) is 6.92 Å². The van der Waals surface area contributed by atoms with Gasteiger partial charge in [-0.3, -0.25) is 4.79 Å². The summed E-state index contributed by atoms with van der Waals surface area (Å²) < 4.78 is 10.7. The molecule has 0 unspecified atom stereocenters. The molecule has 5 nitrogen and oxygen atoms in total. The molecule has 0 atom stereocenters. The van der Waals surface area contributed by atoms with Gasteiger partial charge in [-0.05, 0) is 48.5 Å². The first-order valence-corrected chi connectivity index (χ1v) is 8.98. The molecule has 1 aliphatic rings. The highest BCUT2D eigenvalue weighted by Gasteiger charge is 2.25. The van der Waals surface area contributed by atoms with Crippen LogP contribution in [-0.4, -0.2) is 25.3 Å². The molecule has 1 amide bonds. The number of ether oxygens (including phenoxy) is 2. The average Bonchev–Trinajstić information content (AvgIpc) is 2.97. The van der Waals surface area contributed by atoms with E-state index < -0.39 is 0 Å². The summed E-state index contributed by atoms with van der Waals surface area (Å²) in [6.07, 6.45) is 1.76. The third-order valence-corrected chi connectivity index (χ3v) is 5.15. The van der Waals surface area contributed by atoms with Gasteiger partial charge < -0.3 is 14.8 Å². The minimum absolute atomic E-state index is 0.210. The molecule has 7 heteroatoms. The number of benzene rings is 2. The Bertz CT molecular complexity index is 925. The van der Waals surface area contributed by atoms with Crippen molar-refractivity contribution in [3.8, 4) is 11.5 Å². The van der Waals surface area contributed by atoms with Crippen molar-refractivity contribution < 1.29 is 14.3 Å². The summed E-state index contributed by atoms with van der Waals surface area (Å²) in [6, 6.07) is 11.0. The van der Waals surface area contributed by atoms with Crippen LogP contribution in [0.15, 0.2) is 46.3 Å². The highest BCUT2D eigenvalue weighted by molar-refractivity contribution is 8.18. The normalized spacial score (nSPS) is 16.8. The van der Waals surface area contributed by atoms with Crippen LogP contribution in [0.4, 0.5) is 5.69 Å². The Morgan fingerprint density at radius 1 is 1.15 bits per heavy atom. The standard InChI is InChI=1S/C19H17ClN2O3S/c1-11-13(20)7-5-8-14(11)21-19-22-18(23)16(26-19)10-12-6-4-9-15(24-2)17(12)25-3/h4-10H,1-3H3,(H,21,22,23)/b16-10-. The minimum atomic E-state index is -0.210. The highest BCUT2D eigenvalue weighted by atomic mass is 35.5. The molecule has 2 aromatic rings. The van der Waals surface area contributed by atoms with Gasteiger partial charge in [-0.15, -0.1) is 0 Å². The van der Waals surface area contributed by atoms with E-state index in [-0.39, 0.29) is 5.91 Å². The van der Waals surface area contributed by atoms with E-state index in [1.165, 1.54) is 11.8 Å². The molecule has 1 N–H and O–H groups in total. The Kier molecular flexibility index (Phi) is 5.54. The van der Waals surface area contributed by atoms with Gasteiger partial charge in [0.25, 0.3) is 5.91 Å². The lowest BCUT2D eigenvalue weighted by Crippen LogP contribution is -2.19. The largest absolute Gasteiger partial charge is 0.493 e. The number of rotatable bonds is 4. The third-order valence-electron chi connectivity index (χ3n) is 3.83. The molecule has 0 bridgehead atoms. The Hall–Kier alpha value is -2.44. The molecule has 26 heavy (non-hydrogen) atoms. The number of aliphatic imine (C=N–C) groups is 1. The summed E-state index contributed by atoms with van der Waals surface area (Å²) in [5.74, 6) is 0.971. The Balaban J connectivity index is 1.92. The van der Waals surface area contributed by atoms with Crippen LogP contribution in [0.25, 0.3) is 6.08 Å². The van der Waals surface area contributed by atoms with Gasteiger partial charge in [-0.2, -0.15) is 0 Å². The highest BCUT2D eigenvalue weighted by Crippen LogP contribution is 2.35. The molecule has 0 radical (unpaired) electrons. The average molecular weight is 389 g/mol. The predicted molar refractivity (Wildman–Crippen MR) is 107 cm³/mol. The first-order chi connectivity index (χ1) is 12.5. The van der Waals surface area contributed by atoms with Crippen molar-refractivity contribution in [2.75, 3.05) is 14.2 Å². The summed E-state index contributed by atoms with van der Waals surface area (Å²) in [7, 11) is 3.14. The summed E-state index contributed by atoms with van der Waals surface area (Å²) >= 11 is 7.39. The number of amidine groups is 1. The fourth-order valence-electron chi connectivity index (χ4n) is 2.47. The number of carbonyl (C=O) groups excluding carboxylic acids is 1. The molecule has 1 saturated heterocycles. The maximum atomic E-state index is 12.3. The van der Waals surface area contributed by atoms with Crippen molar-refractivity contribution in [1.29, 1.82) is 0 Å². The predicted octanol–water partition coefficient (Wildman–Crippen LogP) is 4.56. The quantitative estimate of drug-likeness (QED) is 0.780. The molecular weight excluding hydrogens is 372 g/mol. The van der Waals surface area contributed by atoms with Gasteiger partial charge in [0.15, 0.2) is 16.7 Å². The zero-order chi connectivity index (χ0) is 18.7. The molecule has 1 aliphatic heterocycles. The van der Waals surface area contributed by atoms with Gasteiger partial charge in [0, 0.05) is 10.6 Å². The number of thioether (sulfide) groups is 1. The number of carbonyl (C=O) groups is 1. The molecule has 134 valence electrons. The number of halogens is 1. The maximum absolute atomic E-state index is 12.3.